The summed E-state index contributed by atoms with van der Waals surface area (Å²) in [5, 5.41) is 2.02. The van der Waals surface area contributed by atoms with Crippen LogP contribution in [-0.4, -0.2) is 9.97 Å². The lowest BCUT2D eigenvalue weighted by atomic mass is 9.88. The minimum absolute atomic E-state index is 0.469. The molecule has 1 aliphatic rings. The van der Waals surface area contributed by atoms with E-state index in [1.54, 1.807) is 0 Å². The van der Waals surface area contributed by atoms with Crippen molar-refractivity contribution in [2.45, 2.75) is 38.0 Å². The molecule has 0 saturated heterocycles. The molecule has 1 aliphatic carbocycles. The number of fused-ring (bicyclic) bond motifs is 1. The van der Waals surface area contributed by atoms with Crippen LogP contribution in [0.5, 0.6) is 0 Å². The van der Waals surface area contributed by atoms with Crippen molar-refractivity contribution < 1.29 is 0 Å². The molecule has 0 amide bonds. The van der Waals surface area contributed by atoms with E-state index in [0.29, 0.717) is 16.1 Å². The Hall–Kier alpha value is -0.860. The van der Waals surface area contributed by atoms with Crippen LogP contribution >= 0.6 is 23.2 Å². The zero-order valence-electron chi connectivity index (χ0n) is 10.00. The van der Waals surface area contributed by atoms with Crippen molar-refractivity contribution in [3.63, 3.8) is 0 Å². The third-order valence-corrected chi connectivity index (χ3v) is 4.12. The minimum Gasteiger partial charge on any atom is -0.232 e. The zero-order chi connectivity index (χ0) is 12.5. The highest BCUT2D eigenvalue weighted by Gasteiger charge is 2.19. The second-order valence-electron chi connectivity index (χ2n) is 4.87. The number of aromatic nitrogens is 2. The average Bonchev–Trinajstić information content (AvgIpc) is 2.40. The lowest BCUT2D eigenvalue weighted by Crippen LogP contribution is -2.09. The number of hydrogen-bond donors (Lipinski definition) is 0. The predicted molar refractivity (Wildman–Crippen MR) is 75.4 cm³/mol. The Labute approximate surface area is 116 Å². The molecule has 1 fully saturated rings. The van der Waals surface area contributed by atoms with Crippen LogP contribution in [-0.2, 0) is 0 Å². The van der Waals surface area contributed by atoms with Gasteiger partial charge in [0.1, 0.15) is 11.0 Å². The van der Waals surface area contributed by atoms with E-state index in [4.69, 9.17) is 23.2 Å². The number of rotatable bonds is 1. The lowest BCUT2D eigenvalue weighted by molar-refractivity contribution is 0.429. The maximum Gasteiger partial charge on any atom is 0.140 e. The predicted octanol–water partition coefficient (Wildman–Crippen LogP) is 4.98. The van der Waals surface area contributed by atoms with Crippen molar-refractivity contribution in [2.24, 2.45) is 0 Å². The molecular formula is C14H14Cl2N2. The summed E-state index contributed by atoms with van der Waals surface area (Å²) < 4.78 is 0. The van der Waals surface area contributed by atoms with Crippen molar-refractivity contribution in [1.29, 1.82) is 0 Å². The molecule has 94 valence electrons. The third kappa shape index (κ3) is 2.32. The number of hydrogen-bond acceptors (Lipinski definition) is 2. The number of halogens is 2. The standard InChI is InChI=1S/C14H14Cl2N2/c15-10-6-7-12-11(8-10)13(16)18-14(17-12)9-4-2-1-3-5-9/h6-9H,1-5H2. The first-order valence-corrected chi connectivity index (χ1v) is 7.12. The molecular weight excluding hydrogens is 267 g/mol. The number of nitrogens with zero attached hydrogens (tertiary/aromatic N) is 2. The van der Waals surface area contributed by atoms with Gasteiger partial charge in [0.15, 0.2) is 0 Å². The molecule has 0 aliphatic heterocycles. The van der Waals surface area contributed by atoms with Crippen molar-refractivity contribution >= 4 is 34.1 Å². The van der Waals surface area contributed by atoms with E-state index >= 15 is 0 Å². The van der Waals surface area contributed by atoms with Crippen LogP contribution in [0.2, 0.25) is 10.2 Å². The first kappa shape index (κ1) is 12.2. The van der Waals surface area contributed by atoms with Crippen molar-refractivity contribution in [2.75, 3.05) is 0 Å². The summed E-state index contributed by atoms with van der Waals surface area (Å²) in [6, 6.07) is 5.58. The first-order valence-electron chi connectivity index (χ1n) is 6.37. The molecule has 1 saturated carbocycles. The van der Waals surface area contributed by atoms with E-state index in [2.05, 4.69) is 9.97 Å². The molecule has 2 aromatic rings. The maximum atomic E-state index is 6.24. The molecule has 1 aromatic heterocycles. The zero-order valence-corrected chi connectivity index (χ0v) is 11.5. The summed E-state index contributed by atoms with van der Waals surface area (Å²) in [5.41, 5.74) is 0.889. The van der Waals surface area contributed by atoms with E-state index in [0.717, 1.165) is 16.7 Å². The number of benzene rings is 1. The smallest absolute Gasteiger partial charge is 0.140 e. The van der Waals surface area contributed by atoms with Gasteiger partial charge < -0.3 is 0 Å². The van der Waals surface area contributed by atoms with Crippen molar-refractivity contribution in [3.05, 3.63) is 34.2 Å². The van der Waals surface area contributed by atoms with Gasteiger partial charge in [-0.1, -0.05) is 42.5 Å². The van der Waals surface area contributed by atoms with Gasteiger partial charge in [-0.25, -0.2) is 9.97 Å². The van der Waals surface area contributed by atoms with E-state index in [1.165, 1.54) is 32.1 Å². The normalized spacial score (nSPS) is 17.2. The fourth-order valence-electron chi connectivity index (χ4n) is 2.62. The molecule has 18 heavy (non-hydrogen) atoms. The van der Waals surface area contributed by atoms with Crippen LogP contribution < -0.4 is 0 Å². The Morgan fingerprint density at radius 1 is 1.00 bits per heavy atom. The molecule has 0 spiro atoms. The summed E-state index contributed by atoms with van der Waals surface area (Å²) in [5.74, 6) is 1.37. The highest BCUT2D eigenvalue weighted by Crippen LogP contribution is 2.33. The van der Waals surface area contributed by atoms with Gasteiger partial charge in [-0.3, -0.25) is 0 Å². The molecule has 0 N–H and O–H groups in total. The maximum absolute atomic E-state index is 6.24. The molecule has 1 heterocycles. The Morgan fingerprint density at radius 3 is 2.56 bits per heavy atom. The van der Waals surface area contributed by atoms with Crippen LogP contribution in [0.25, 0.3) is 10.9 Å². The monoisotopic (exact) mass is 280 g/mol. The van der Waals surface area contributed by atoms with Crippen LogP contribution in [0.1, 0.15) is 43.8 Å². The van der Waals surface area contributed by atoms with Crippen LogP contribution in [0.4, 0.5) is 0 Å². The summed E-state index contributed by atoms with van der Waals surface area (Å²) >= 11 is 12.2. The van der Waals surface area contributed by atoms with Gasteiger partial charge in [-0.15, -0.1) is 0 Å². The first-order chi connectivity index (χ1) is 8.74. The molecule has 2 nitrogen and oxygen atoms in total. The third-order valence-electron chi connectivity index (χ3n) is 3.60. The Bertz CT molecular complexity index is 577. The van der Waals surface area contributed by atoms with Gasteiger partial charge in [0.05, 0.1) is 5.52 Å². The van der Waals surface area contributed by atoms with Gasteiger partial charge in [-0.05, 0) is 31.0 Å². The quantitative estimate of drug-likeness (QED) is 0.688. The second-order valence-corrected chi connectivity index (χ2v) is 5.66. The van der Waals surface area contributed by atoms with Gasteiger partial charge >= 0.3 is 0 Å². The second kappa shape index (κ2) is 5.02. The van der Waals surface area contributed by atoms with Gasteiger partial charge in [0.2, 0.25) is 0 Å². The molecule has 0 unspecified atom stereocenters. The minimum atomic E-state index is 0.469. The SMILES string of the molecule is Clc1ccc2nc(C3CCCCC3)nc(Cl)c2c1. The Morgan fingerprint density at radius 2 is 1.78 bits per heavy atom. The van der Waals surface area contributed by atoms with E-state index in [1.807, 2.05) is 18.2 Å². The highest BCUT2D eigenvalue weighted by molar-refractivity contribution is 6.35. The van der Waals surface area contributed by atoms with Gasteiger partial charge in [-0.2, -0.15) is 0 Å². The summed E-state index contributed by atoms with van der Waals surface area (Å²) in [4.78, 5) is 9.11. The molecule has 0 radical (unpaired) electrons. The van der Waals surface area contributed by atoms with Crippen LogP contribution in [0, 0.1) is 0 Å². The average molecular weight is 281 g/mol. The van der Waals surface area contributed by atoms with Crippen LogP contribution in [0.3, 0.4) is 0 Å². The van der Waals surface area contributed by atoms with Gasteiger partial charge in [0.25, 0.3) is 0 Å². The fourth-order valence-corrected chi connectivity index (χ4v) is 3.03. The fraction of sp³-hybridized carbons (Fsp3) is 0.429. The summed E-state index contributed by atoms with van der Waals surface area (Å²) in [6.45, 7) is 0. The lowest BCUT2D eigenvalue weighted by Gasteiger charge is -2.20. The highest BCUT2D eigenvalue weighted by atomic mass is 35.5. The molecule has 3 rings (SSSR count). The topological polar surface area (TPSA) is 25.8 Å². The Kier molecular flexibility index (Phi) is 3.40. The van der Waals surface area contributed by atoms with Gasteiger partial charge in [0, 0.05) is 16.3 Å². The molecule has 1 aromatic carbocycles. The molecule has 4 heteroatoms. The Balaban J connectivity index is 2.06. The largest absolute Gasteiger partial charge is 0.232 e. The molecule has 0 bridgehead atoms. The van der Waals surface area contributed by atoms with E-state index in [9.17, 15) is 0 Å². The van der Waals surface area contributed by atoms with Crippen LogP contribution in [0.15, 0.2) is 18.2 Å². The summed E-state index contributed by atoms with van der Waals surface area (Å²) in [6.07, 6.45) is 6.22. The van der Waals surface area contributed by atoms with E-state index < -0.39 is 0 Å². The molecule has 0 atom stereocenters. The van der Waals surface area contributed by atoms with E-state index in [-0.39, 0.29) is 0 Å². The van der Waals surface area contributed by atoms with Crippen molar-refractivity contribution in [3.8, 4) is 0 Å². The summed E-state index contributed by atoms with van der Waals surface area (Å²) in [7, 11) is 0. The van der Waals surface area contributed by atoms with Crippen molar-refractivity contribution in [1.82, 2.24) is 9.97 Å².